The van der Waals surface area contributed by atoms with E-state index in [1.807, 2.05) is 45.2 Å². The van der Waals surface area contributed by atoms with E-state index >= 15 is 0 Å². The number of thioether (sulfide) groups is 1. The number of aromatic hydroxyl groups is 1. The second-order valence-corrected chi connectivity index (χ2v) is 7.89. The minimum Gasteiger partial charge on any atom is -0.508 e. The third-order valence-electron chi connectivity index (χ3n) is 4.78. The number of halogens is 1. The van der Waals surface area contributed by atoms with E-state index in [2.05, 4.69) is 0 Å². The molecule has 31 heavy (non-hydrogen) atoms. The standard InChI is InChI=1S/C19H24FN3O2S.C2H4O.C2H6/c1-23(22)19(26-12-13-10-15(24)6-7-17(13)20)14(8-9-21)11-25-18-5-3-2-4-16(18)19;1-2-3;1-2/h2-7,10,14,24H,8-9,11-12,21-22H2,1H3;2H,1H3;1-2H3/t14?,19-;;/m1../s1. The van der Waals surface area contributed by atoms with Crippen LogP contribution in [0, 0.1) is 11.7 Å². The van der Waals surface area contributed by atoms with E-state index in [1.54, 1.807) is 5.01 Å². The number of hydrazine groups is 1. The van der Waals surface area contributed by atoms with Gasteiger partial charge in [0.2, 0.25) is 0 Å². The number of hydrogen-bond donors (Lipinski definition) is 3. The van der Waals surface area contributed by atoms with E-state index in [0.717, 1.165) is 24.0 Å². The molecule has 5 N–H and O–H groups in total. The summed E-state index contributed by atoms with van der Waals surface area (Å²) in [5, 5.41) is 11.4. The van der Waals surface area contributed by atoms with E-state index < -0.39 is 4.87 Å². The fraction of sp³-hybridized carbons (Fsp3) is 0.435. The zero-order valence-electron chi connectivity index (χ0n) is 18.7. The minimum absolute atomic E-state index is 0.0442. The molecule has 2 aromatic rings. The molecule has 1 aliphatic heterocycles. The summed E-state index contributed by atoms with van der Waals surface area (Å²) in [6.07, 6.45) is 1.48. The monoisotopic (exact) mass is 451 g/mol. The molecule has 3 rings (SSSR count). The zero-order chi connectivity index (χ0) is 23.4. The van der Waals surface area contributed by atoms with Crippen molar-refractivity contribution in [3.05, 3.63) is 59.4 Å². The number of aldehydes is 1. The molecule has 2 aromatic carbocycles. The number of nitrogens with two attached hydrogens (primary N) is 2. The Morgan fingerprint density at radius 3 is 2.58 bits per heavy atom. The van der Waals surface area contributed by atoms with Crippen LogP contribution in [0.2, 0.25) is 0 Å². The maximum Gasteiger partial charge on any atom is 0.127 e. The summed E-state index contributed by atoms with van der Waals surface area (Å²) in [7, 11) is 1.82. The van der Waals surface area contributed by atoms with Crippen LogP contribution in [0.3, 0.4) is 0 Å². The molecule has 0 aromatic heterocycles. The van der Waals surface area contributed by atoms with Crippen molar-refractivity contribution >= 4 is 18.0 Å². The molecule has 1 heterocycles. The lowest BCUT2D eigenvalue weighted by molar-refractivity contribution is -0.106. The van der Waals surface area contributed by atoms with Crippen LogP contribution in [0.4, 0.5) is 4.39 Å². The first kappa shape index (κ1) is 26.9. The first-order chi connectivity index (χ1) is 14.9. The number of fused-ring (bicyclic) bond motifs is 1. The second-order valence-electron chi connectivity index (χ2n) is 6.69. The van der Waals surface area contributed by atoms with Crippen LogP contribution >= 0.6 is 11.8 Å². The average Bonchev–Trinajstić information content (AvgIpc) is 2.77. The van der Waals surface area contributed by atoms with E-state index in [0.29, 0.717) is 24.5 Å². The van der Waals surface area contributed by atoms with Crippen LogP contribution in [0.25, 0.3) is 0 Å². The van der Waals surface area contributed by atoms with Gasteiger partial charge in [0.05, 0.1) is 6.61 Å². The third-order valence-corrected chi connectivity index (χ3v) is 6.52. The van der Waals surface area contributed by atoms with Crippen LogP contribution in [-0.2, 0) is 15.4 Å². The molecule has 172 valence electrons. The fourth-order valence-electron chi connectivity index (χ4n) is 3.53. The summed E-state index contributed by atoms with van der Waals surface area (Å²) in [6.45, 7) is 6.44. The van der Waals surface area contributed by atoms with Gasteiger partial charge in [0.25, 0.3) is 0 Å². The number of hydrogen-bond acceptors (Lipinski definition) is 7. The van der Waals surface area contributed by atoms with Crippen LogP contribution in [0.15, 0.2) is 42.5 Å². The molecule has 0 spiro atoms. The molecule has 0 aliphatic carbocycles. The summed E-state index contributed by atoms with van der Waals surface area (Å²) in [6, 6.07) is 11.9. The Morgan fingerprint density at radius 2 is 1.97 bits per heavy atom. The van der Waals surface area contributed by atoms with Crippen molar-refractivity contribution < 1.29 is 19.0 Å². The molecule has 0 saturated carbocycles. The normalized spacial score (nSPS) is 19.2. The molecule has 1 unspecified atom stereocenters. The fourth-order valence-corrected chi connectivity index (χ4v) is 5.07. The number of benzene rings is 2. The van der Waals surface area contributed by atoms with Crippen molar-refractivity contribution in [2.24, 2.45) is 17.5 Å². The molecular formula is C23H34FN3O3S. The summed E-state index contributed by atoms with van der Waals surface area (Å²) in [5.74, 6) is 7.22. The number of nitrogens with zero attached hydrogens (tertiary/aromatic N) is 1. The number of phenols is 1. The van der Waals surface area contributed by atoms with Gasteiger partial charge in [-0.25, -0.2) is 9.40 Å². The maximum absolute atomic E-state index is 14.2. The predicted molar refractivity (Wildman–Crippen MR) is 125 cm³/mol. The lowest BCUT2D eigenvalue weighted by atomic mass is 9.87. The molecule has 0 fully saturated rings. The topological polar surface area (TPSA) is 102 Å². The van der Waals surface area contributed by atoms with Gasteiger partial charge in [0, 0.05) is 29.8 Å². The van der Waals surface area contributed by atoms with Gasteiger partial charge in [0.15, 0.2) is 0 Å². The maximum atomic E-state index is 14.2. The van der Waals surface area contributed by atoms with E-state index in [4.69, 9.17) is 21.1 Å². The minimum atomic E-state index is -0.605. The number of carbonyl (C=O) groups excluding carboxylic acids is 1. The molecule has 0 bridgehead atoms. The Balaban J connectivity index is 0.000000884. The third kappa shape index (κ3) is 6.43. The van der Waals surface area contributed by atoms with Crippen molar-refractivity contribution in [3.8, 4) is 11.5 Å². The molecule has 2 atom stereocenters. The quantitative estimate of drug-likeness (QED) is 0.264. The molecule has 0 saturated heterocycles. The van der Waals surface area contributed by atoms with Gasteiger partial charge in [0.1, 0.15) is 28.5 Å². The van der Waals surface area contributed by atoms with Gasteiger partial charge in [-0.3, -0.25) is 5.84 Å². The summed E-state index contributed by atoms with van der Waals surface area (Å²) < 4.78 is 20.1. The average molecular weight is 452 g/mol. The highest BCUT2D eigenvalue weighted by Gasteiger charge is 2.48. The Hall–Kier alpha value is -2.13. The van der Waals surface area contributed by atoms with Crippen molar-refractivity contribution in [2.75, 3.05) is 20.2 Å². The van der Waals surface area contributed by atoms with E-state index in [1.165, 1.54) is 36.9 Å². The van der Waals surface area contributed by atoms with Gasteiger partial charge in [-0.2, -0.15) is 0 Å². The highest BCUT2D eigenvalue weighted by atomic mass is 32.2. The molecule has 8 heteroatoms. The molecule has 0 amide bonds. The first-order valence-corrected chi connectivity index (χ1v) is 11.3. The Labute approximate surface area is 188 Å². The van der Waals surface area contributed by atoms with Gasteiger partial charge in [-0.05, 0) is 44.2 Å². The van der Waals surface area contributed by atoms with Crippen LogP contribution in [-0.4, -0.2) is 36.6 Å². The van der Waals surface area contributed by atoms with Gasteiger partial charge >= 0.3 is 0 Å². The summed E-state index contributed by atoms with van der Waals surface area (Å²) in [5.41, 5.74) is 7.23. The Morgan fingerprint density at radius 1 is 1.32 bits per heavy atom. The number of rotatable bonds is 6. The lowest BCUT2D eigenvalue weighted by Gasteiger charge is -2.48. The van der Waals surface area contributed by atoms with Crippen molar-refractivity contribution in [3.63, 3.8) is 0 Å². The number of carbonyl (C=O) groups is 1. The SMILES string of the molecule is CC.CC=O.CN(N)[C@]1(SCc2cc(O)ccc2F)c2ccccc2OCC1CCN. The number of phenolic OH excluding ortho intramolecular Hbond substituents is 1. The van der Waals surface area contributed by atoms with Crippen LogP contribution in [0.5, 0.6) is 11.5 Å². The number of ether oxygens (including phenoxy) is 1. The van der Waals surface area contributed by atoms with Crippen molar-refractivity contribution in [1.82, 2.24) is 5.01 Å². The molecule has 1 aliphatic rings. The molecule has 6 nitrogen and oxygen atoms in total. The van der Waals surface area contributed by atoms with E-state index in [-0.39, 0.29) is 17.5 Å². The second kappa shape index (κ2) is 13.3. The Bertz CT molecular complexity index is 822. The highest BCUT2D eigenvalue weighted by Crippen LogP contribution is 2.52. The van der Waals surface area contributed by atoms with Crippen LogP contribution in [0.1, 0.15) is 38.3 Å². The Kier molecular flexibility index (Phi) is 11.6. The highest BCUT2D eigenvalue weighted by molar-refractivity contribution is 7.99. The van der Waals surface area contributed by atoms with Gasteiger partial charge in [-0.1, -0.05) is 32.0 Å². The summed E-state index contributed by atoms with van der Waals surface area (Å²) >= 11 is 1.53. The predicted octanol–water partition coefficient (Wildman–Crippen LogP) is 4.01. The van der Waals surface area contributed by atoms with Gasteiger partial charge < -0.3 is 20.4 Å². The zero-order valence-corrected chi connectivity index (χ0v) is 19.5. The van der Waals surface area contributed by atoms with E-state index in [9.17, 15) is 9.50 Å². The summed E-state index contributed by atoms with van der Waals surface area (Å²) in [4.78, 5) is 8.20. The molecular weight excluding hydrogens is 417 g/mol. The largest absolute Gasteiger partial charge is 0.508 e. The van der Waals surface area contributed by atoms with Crippen molar-refractivity contribution in [2.45, 2.75) is 37.8 Å². The smallest absolute Gasteiger partial charge is 0.127 e. The first-order valence-electron chi connectivity index (χ1n) is 10.3. The molecule has 0 radical (unpaired) electrons. The van der Waals surface area contributed by atoms with Gasteiger partial charge in [-0.15, -0.1) is 11.8 Å². The van der Waals surface area contributed by atoms with Crippen molar-refractivity contribution in [1.29, 1.82) is 0 Å². The lowest BCUT2D eigenvalue weighted by Crippen LogP contribution is -2.54. The van der Waals surface area contributed by atoms with Crippen LogP contribution < -0.4 is 16.3 Å². The number of para-hydroxylation sites is 1.